The van der Waals surface area contributed by atoms with Crippen LogP contribution in [0.5, 0.6) is 0 Å². The summed E-state index contributed by atoms with van der Waals surface area (Å²) in [5.74, 6) is 2.57. The Morgan fingerprint density at radius 1 is 1.31 bits per heavy atom. The van der Waals surface area contributed by atoms with Crippen LogP contribution in [0.1, 0.15) is 12.8 Å². The van der Waals surface area contributed by atoms with E-state index in [0.717, 1.165) is 6.54 Å². The summed E-state index contributed by atoms with van der Waals surface area (Å²) in [7, 11) is 0. The van der Waals surface area contributed by atoms with Crippen LogP contribution in [0.3, 0.4) is 0 Å². The summed E-state index contributed by atoms with van der Waals surface area (Å²) >= 11 is 2.04. The highest BCUT2D eigenvalue weighted by atomic mass is 32.2. The van der Waals surface area contributed by atoms with Crippen LogP contribution in [0.25, 0.3) is 0 Å². The lowest BCUT2D eigenvalue weighted by Gasteiger charge is -2.22. The van der Waals surface area contributed by atoms with Crippen molar-refractivity contribution in [3.05, 3.63) is 0 Å². The molecule has 13 heavy (non-hydrogen) atoms. The quantitative estimate of drug-likeness (QED) is 0.619. The molecule has 1 aliphatic heterocycles. The van der Waals surface area contributed by atoms with E-state index in [1.165, 1.54) is 24.3 Å². The van der Waals surface area contributed by atoms with Crippen molar-refractivity contribution in [1.82, 2.24) is 5.32 Å². The van der Waals surface area contributed by atoms with Gasteiger partial charge in [-0.2, -0.15) is 11.8 Å². The SMILES string of the molecule is OCCOCCNC1CCSCC1. The third kappa shape index (κ3) is 5.52. The largest absolute Gasteiger partial charge is 0.394 e. The van der Waals surface area contributed by atoms with Crippen LogP contribution >= 0.6 is 11.8 Å². The first-order valence-corrected chi connectivity index (χ1v) is 6.08. The second-order valence-electron chi connectivity index (χ2n) is 3.18. The van der Waals surface area contributed by atoms with E-state index < -0.39 is 0 Å². The molecule has 4 heteroatoms. The van der Waals surface area contributed by atoms with Crippen molar-refractivity contribution < 1.29 is 9.84 Å². The summed E-state index contributed by atoms with van der Waals surface area (Å²) in [5, 5.41) is 11.9. The average molecular weight is 205 g/mol. The molecule has 1 heterocycles. The zero-order valence-corrected chi connectivity index (χ0v) is 8.81. The van der Waals surface area contributed by atoms with Crippen molar-refractivity contribution in [1.29, 1.82) is 0 Å². The molecule has 0 aliphatic carbocycles. The van der Waals surface area contributed by atoms with E-state index in [4.69, 9.17) is 9.84 Å². The van der Waals surface area contributed by atoms with Crippen LogP contribution in [0, 0.1) is 0 Å². The molecule has 78 valence electrons. The van der Waals surface area contributed by atoms with Gasteiger partial charge in [-0.05, 0) is 24.3 Å². The van der Waals surface area contributed by atoms with Crippen molar-refractivity contribution in [3.8, 4) is 0 Å². The van der Waals surface area contributed by atoms with Gasteiger partial charge in [-0.1, -0.05) is 0 Å². The fourth-order valence-corrected chi connectivity index (χ4v) is 2.51. The number of hydrogen-bond donors (Lipinski definition) is 2. The fourth-order valence-electron chi connectivity index (χ4n) is 1.40. The molecule has 0 bridgehead atoms. The molecule has 0 aromatic rings. The number of hydrogen-bond acceptors (Lipinski definition) is 4. The standard InChI is InChI=1S/C9H19NO2S/c11-4-6-12-5-3-10-9-1-7-13-8-2-9/h9-11H,1-8H2. The smallest absolute Gasteiger partial charge is 0.0698 e. The van der Waals surface area contributed by atoms with Crippen LogP contribution in [0.4, 0.5) is 0 Å². The Hall–Kier alpha value is 0.230. The molecule has 0 atom stereocenters. The molecule has 0 amide bonds. The maximum absolute atomic E-state index is 8.47. The molecule has 1 saturated heterocycles. The van der Waals surface area contributed by atoms with Crippen molar-refractivity contribution >= 4 is 11.8 Å². The Labute approximate surface area is 84.2 Å². The zero-order valence-electron chi connectivity index (χ0n) is 8.00. The predicted octanol–water partition coefficient (Wildman–Crippen LogP) is 0.480. The lowest BCUT2D eigenvalue weighted by molar-refractivity contribution is 0.0924. The maximum atomic E-state index is 8.47. The van der Waals surface area contributed by atoms with E-state index in [1.807, 2.05) is 11.8 Å². The molecule has 1 rings (SSSR count). The van der Waals surface area contributed by atoms with Gasteiger partial charge in [-0.15, -0.1) is 0 Å². The fraction of sp³-hybridized carbons (Fsp3) is 1.00. The van der Waals surface area contributed by atoms with Gasteiger partial charge >= 0.3 is 0 Å². The molecule has 0 radical (unpaired) electrons. The predicted molar refractivity (Wildman–Crippen MR) is 56.3 cm³/mol. The monoisotopic (exact) mass is 205 g/mol. The molecule has 0 aromatic carbocycles. The number of aliphatic hydroxyl groups excluding tert-OH is 1. The molecule has 0 aromatic heterocycles. The zero-order chi connectivity index (χ0) is 9.36. The van der Waals surface area contributed by atoms with Gasteiger partial charge in [0.05, 0.1) is 19.8 Å². The molecule has 3 nitrogen and oxygen atoms in total. The van der Waals surface area contributed by atoms with Gasteiger partial charge in [0.2, 0.25) is 0 Å². The van der Waals surface area contributed by atoms with Gasteiger partial charge in [0.15, 0.2) is 0 Å². The van der Waals surface area contributed by atoms with E-state index in [1.54, 1.807) is 0 Å². The lowest BCUT2D eigenvalue weighted by atomic mass is 10.1. The number of thioether (sulfide) groups is 1. The third-order valence-corrected chi connectivity index (χ3v) is 3.19. The first kappa shape index (κ1) is 11.3. The van der Waals surface area contributed by atoms with Crippen LogP contribution < -0.4 is 5.32 Å². The highest BCUT2D eigenvalue weighted by Crippen LogP contribution is 2.16. The highest BCUT2D eigenvalue weighted by Gasteiger charge is 2.11. The second-order valence-corrected chi connectivity index (χ2v) is 4.40. The lowest BCUT2D eigenvalue weighted by Crippen LogP contribution is -2.34. The van der Waals surface area contributed by atoms with Crippen LogP contribution in [0.15, 0.2) is 0 Å². The topological polar surface area (TPSA) is 41.5 Å². The van der Waals surface area contributed by atoms with Crippen molar-refractivity contribution in [2.75, 3.05) is 37.9 Å². The van der Waals surface area contributed by atoms with Gasteiger partial charge < -0.3 is 15.2 Å². The Bertz CT molecular complexity index is 118. The Kier molecular flexibility index (Phi) is 6.62. The first-order chi connectivity index (χ1) is 6.43. The Morgan fingerprint density at radius 3 is 2.77 bits per heavy atom. The summed E-state index contributed by atoms with van der Waals surface area (Å²) < 4.78 is 5.16. The van der Waals surface area contributed by atoms with Gasteiger partial charge in [-0.25, -0.2) is 0 Å². The van der Waals surface area contributed by atoms with Gasteiger partial charge in [0, 0.05) is 12.6 Å². The highest BCUT2D eigenvalue weighted by molar-refractivity contribution is 7.99. The molecule has 2 N–H and O–H groups in total. The summed E-state index contributed by atoms with van der Waals surface area (Å²) in [4.78, 5) is 0. The minimum Gasteiger partial charge on any atom is -0.394 e. The third-order valence-electron chi connectivity index (χ3n) is 2.14. The van der Waals surface area contributed by atoms with Crippen LogP contribution in [-0.4, -0.2) is 49.0 Å². The summed E-state index contributed by atoms with van der Waals surface area (Å²) in [5.41, 5.74) is 0. The minimum absolute atomic E-state index is 0.125. The Morgan fingerprint density at radius 2 is 2.08 bits per heavy atom. The number of ether oxygens (including phenoxy) is 1. The van der Waals surface area contributed by atoms with E-state index in [0.29, 0.717) is 19.3 Å². The molecular formula is C9H19NO2S. The summed E-state index contributed by atoms with van der Waals surface area (Å²) in [6.07, 6.45) is 2.56. The summed E-state index contributed by atoms with van der Waals surface area (Å²) in [6, 6.07) is 0.693. The summed E-state index contributed by atoms with van der Waals surface area (Å²) in [6.45, 7) is 2.21. The van der Waals surface area contributed by atoms with Crippen molar-refractivity contribution in [2.45, 2.75) is 18.9 Å². The molecular weight excluding hydrogens is 186 g/mol. The normalized spacial score (nSPS) is 19.2. The Balaban J connectivity index is 1.86. The van der Waals surface area contributed by atoms with E-state index in [2.05, 4.69) is 5.32 Å². The average Bonchev–Trinajstić information content (AvgIpc) is 2.19. The number of rotatable bonds is 6. The van der Waals surface area contributed by atoms with Gasteiger partial charge in [0.1, 0.15) is 0 Å². The molecule has 1 aliphatic rings. The minimum atomic E-state index is 0.125. The molecule has 0 unspecified atom stereocenters. The molecule has 0 spiro atoms. The molecule has 0 saturated carbocycles. The van der Waals surface area contributed by atoms with Gasteiger partial charge in [0.25, 0.3) is 0 Å². The molecule has 1 fully saturated rings. The van der Waals surface area contributed by atoms with Gasteiger partial charge in [-0.3, -0.25) is 0 Å². The first-order valence-electron chi connectivity index (χ1n) is 4.93. The van der Waals surface area contributed by atoms with Crippen molar-refractivity contribution in [3.63, 3.8) is 0 Å². The van der Waals surface area contributed by atoms with Crippen LogP contribution in [-0.2, 0) is 4.74 Å². The number of nitrogens with one attached hydrogen (secondary N) is 1. The maximum Gasteiger partial charge on any atom is 0.0698 e. The van der Waals surface area contributed by atoms with Crippen molar-refractivity contribution in [2.24, 2.45) is 0 Å². The van der Waals surface area contributed by atoms with E-state index in [9.17, 15) is 0 Å². The van der Waals surface area contributed by atoms with Crippen LogP contribution in [0.2, 0.25) is 0 Å². The second kappa shape index (κ2) is 7.62. The van der Waals surface area contributed by atoms with E-state index in [-0.39, 0.29) is 6.61 Å². The number of aliphatic hydroxyl groups is 1. The van der Waals surface area contributed by atoms with E-state index >= 15 is 0 Å².